The molecule has 0 spiro atoms. The minimum Gasteiger partial charge on any atom is -0.496 e. The van der Waals surface area contributed by atoms with Crippen LogP contribution in [-0.4, -0.2) is 13.4 Å². The van der Waals surface area contributed by atoms with Gasteiger partial charge in [-0.3, -0.25) is 4.79 Å². The molecule has 0 unspecified atom stereocenters. The smallest absolute Gasteiger partial charge is 0.153 e. The molecule has 4 heteroatoms. The van der Waals surface area contributed by atoms with Gasteiger partial charge in [-0.2, -0.15) is 0 Å². The van der Waals surface area contributed by atoms with Gasteiger partial charge in [0.15, 0.2) is 6.29 Å². The van der Waals surface area contributed by atoms with Crippen molar-refractivity contribution >= 4 is 17.9 Å². The number of methoxy groups -OCH3 is 1. The van der Waals surface area contributed by atoms with Crippen molar-refractivity contribution in [3.05, 3.63) is 52.8 Å². The molecule has 0 amide bonds. The highest BCUT2D eigenvalue weighted by atomic mass is 35.5. The lowest BCUT2D eigenvalue weighted by molar-refractivity contribution is 0.112. The lowest BCUT2D eigenvalue weighted by Crippen LogP contribution is -1.91. The molecule has 0 aromatic heterocycles. The Balaban J connectivity index is 2.54. The quantitative estimate of drug-likeness (QED) is 0.784. The molecule has 2 aromatic rings. The third-order valence-corrected chi connectivity index (χ3v) is 2.91. The third-order valence-electron chi connectivity index (χ3n) is 2.60. The molecule has 0 heterocycles. The maximum absolute atomic E-state index is 13.0. The van der Waals surface area contributed by atoms with Crippen molar-refractivity contribution in [1.82, 2.24) is 0 Å². The van der Waals surface area contributed by atoms with Crippen LogP contribution in [0.25, 0.3) is 11.1 Å². The SMILES string of the molecule is COc1ccc(-c2ccc(F)cc2Cl)cc1C=O. The largest absolute Gasteiger partial charge is 0.496 e. The first kappa shape index (κ1) is 12.6. The summed E-state index contributed by atoms with van der Waals surface area (Å²) >= 11 is 5.97. The molecule has 2 aromatic carbocycles. The van der Waals surface area contributed by atoms with E-state index in [9.17, 15) is 9.18 Å². The van der Waals surface area contributed by atoms with Gasteiger partial charge in [-0.05, 0) is 35.9 Å². The topological polar surface area (TPSA) is 26.3 Å². The van der Waals surface area contributed by atoms with Crippen molar-refractivity contribution in [3.8, 4) is 16.9 Å². The van der Waals surface area contributed by atoms with Crippen LogP contribution in [0.5, 0.6) is 5.75 Å². The Labute approximate surface area is 109 Å². The summed E-state index contributed by atoms with van der Waals surface area (Å²) in [7, 11) is 1.49. The van der Waals surface area contributed by atoms with Crippen LogP contribution < -0.4 is 4.74 Å². The summed E-state index contributed by atoms with van der Waals surface area (Å²) in [6.45, 7) is 0. The summed E-state index contributed by atoms with van der Waals surface area (Å²) < 4.78 is 18.0. The van der Waals surface area contributed by atoms with E-state index >= 15 is 0 Å². The van der Waals surface area contributed by atoms with Crippen LogP contribution >= 0.6 is 11.6 Å². The van der Waals surface area contributed by atoms with Crippen LogP contribution in [0.2, 0.25) is 5.02 Å². The molecule has 18 heavy (non-hydrogen) atoms. The zero-order valence-electron chi connectivity index (χ0n) is 9.61. The summed E-state index contributed by atoms with van der Waals surface area (Å²) in [5, 5.41) is 0.303. The van der Waals surface area contributed by atoms with Crippen LogP contribution in [0, 0.1) is 5.82 Å². The van der Waals surface area contributed by atoms with Gasteiger partial charge in [0.2, 0.25) is 0 Å². The monoisotopic (exact) mass is 264 g/mol. The summed E-state index contributed by atoms with van der Waals surface area (Å²) in [6.07, 6.45) is 0.708. The standard InChI is InChI=1S/C14H10ClFO2/c1-18-14-5-2-9(6-10(14)8-17)12-4-3-11(16)7-13(12)15/h2-8H,1H3. The number of halogens is 2. The van der Waals surface area contributed by atoms with E-state index in [2.05, 4.69) is 0 Å². The van der Waals surface area contributed by atoms with Crippen molar-refractivity contribution in [2.75, 3.05) is 7.11 Å². The molecular formula is C14H10ClFO2. The summed E-state index contributed by atoms with van der Waals surface area (Å²) in [4.78, 5) is 10.9. The first-order valence-electron chi connectivity index (χ1n) is 5.24. The predicted molar refractivity (Wildman–Crippen MR) is 68.8 cm³/mol. The van der Waals surface area contributed by atoms with Gasteiger partial charge in [-0.25, -0.2) is 4.39 Å². The molecule has 2 rings (SSSR count). The van der Waals surface area contributed by atoms with Gasteiger partial charge in [-0.1, -0.05) is 17.7 Å². The lowest BCUT2D eigenvalue weighted by Gasteiger charge is -2.08. The van der Waals surface area contributed by atoms with Crippen molar-refractivity contribution in [2.24, 2.45) is 0 Å². The van der Waals surface area contributed by atoms with Gasteiger partial charge >= 0.3 is 0 Å². The number of aldehydes is 1. The van der Waals surface area contributed by atoms with Gasteiger partial charge in [0, 0.05) is 5.56 Å². The molecule has 0 radical (unpaired) electrons. The molecule has 0 saturated heterocycles. The van der Waals surface area contributed by atoms with Crippen LogP contribution in [-0.2, 0) is 0 Å². The van der Waals surface area contributed by atoms with Crippen LogP contribution in [0.3, 0.4) is 0 Å². The van der Waals surface area contributed by atoms with Gasteiger partial charge < -0.3 is 4.74 Å². The molecule has 0 aliphatic carbocycles. The number of carbonyl (C=O) groups is 1. The summed E-state index contributed by atoms with van der Waals surface area (Å²) in [5.41, 5.74) is 1.84. The maximum Gasteiger partial charge on any atom is 0.153 e. The van der Waals surface area contributed by atoms with Gasteiger partial charge in [0.25, 0.3) is 0 Å². The first-order chi connectivity index (χ1) is 8.65. The molecule has 0 fully saturated rings. The Morgan fingerprint density at radius 2 is 2.00 bits per heavy atom. The summed E-state index contributed by atoms with van der Waals surface area (Å²) in [6, 6.07) is 9.25. The number of hydrogen-bond acceptors (Lipinski definition) is 2. The Hall–Kier alpha value is -1.87. The van der Waals surface area contributed by atoms with Crippen molar-refractivity contribution < 1.29 is 13.9 Å². The van der Waals surface area contributed by atoms with E-state index in [0.717, 1.165) is 5.56 Å². The fourth-order valence-electron chi connectivity index (χ4n) is 1.72. The fourth-order valence-corrected chi connectivity index (χ4v) is 1.99. The Bertz CT molecular complexity index is 596. The normalized spacial score (nSPS) is 10.2. The van der Waals surface area contributed by atoms with Gasteiger partial charge in [0.05, 0.1) is 17.7 Å². The van der Waals surface area contributed by atoms with Crippen LogP contribution in [0.4, 0.5) is 4.39 Å². The Morgan fingerprint density at radius 1 is 1.22 bits per heavy atom. The maximum atomic E-state index is 13.0. The van der Waals surface area contributed by atoms with Crippen molar-refractivity contribution in [2.45, 2.75) is 0 Å². The molecule has 2 nitrogen and oxygen atoms in total. The average molecular weight is 265 g/mol. The van der Waals surface area contributed by atoms with E-state index in [1.54, 1.807) is 24.3 Å². The predicted octanol–water partition coefficient (Wildman–Crippen LogP) is 3.97. The Morgan fingerprint density at radius 3 is 2.61 bits per heavy atom. The van der Waals surface area contributed by atoms with E-state index in [-0.39, 0.29) is 0 Å². The highest BCUT2D eigenvalue weighted by Gasteiger charge is 2.08. The van der Waals surface area contributed by atoms with E-state index in [1.807, 2.05) is 0 Å². The van der Waals surface area contributed by atoms with E-state index in [1.165, 1.54) is 19.2 Å². The lowest BCUT2D eigenvalue weighted by atomic mass is 10.0. The minimum atomic E-state index is -0.395. The molecule has 0 bridgehead atoms. The zero-order valence-corrected chi connectivity index (χ0v) is 10.4. The number of hydrogen-bond donors (Lipinski definition) is 0. The second kappa shape index (κ2) is 5.19. The second-order valence-corrected chi connectivity index (χ2v) is 4.11. The van der Waals surface area contributed by atoms with E-state index in [4.69, 9.17) is 16.3 Å². The van der Waals surface area contributed by atoms with Gasteiger partial charge in [0.1, 0.15) is 11.6 Å². The van der Waals surface area contributed by atoms with Gasteiger partial charge in [-0.15, -0.1) is 0 Å². The third kappa shape index (κ3) is 2.36. The number of rotatable bonds is 3. The van der Waals surface area contributed by atoms with Crippen molar-refractivity contribution in [3.63, 3.8) is 0 Å². The Kier molecular flexibility index (Phi) is 3.63. The summed E-state index contributed by atoms with van der Waals surface area (Å²) in [5.74, 6) is 0.0971. The van der Waals surface area contributed by atoms with Crippen molar-refractivity contribution in [1.29, 1.82) is 0 Å². The van der Waals surface area contributed by atoms with Crippen LogP contribution in [0.1, 0.15) is 10.4 Å². The van der Waals surface area contributed by atoms with E-state index < -0.39 is 5.82 Å². The average Bonchev–Trinajstić information content (AvgIpc) is 2.38. The van der Waals surface area contributed by atoms with E-state index in [0.29, 0.717) is 28.2 Å². The number of carbonyl (C=O) groups excluding carboxylic acids is 1. The minimum absolute atomic E-state index is 0.303. The molecule has 0 atom stereocenters. The molecule has 0 aliphatic rings. The highest BCUT2D eigenvalue weighted by Crippen LogP contribution is 2.31. The molecule has 0 aliphatic heterocycles. The van der Waals surface area contributed by atoms with Crippen LogP contribution in [0.15, 0.2) is 36.4 Å². The highest BCUT2D eigenvalue weighted by molar-refractivity contribution is 6.33. The molecular weight excluding hydrogens is 255 g/mol. The molecule has 92 valence electrons. The molecule has 0 N–H and O–H groups in total. The molecule has 0 saturated carbocycles. The number of ether oxygens (including phenoxy) is 1. The second-order valence-electron chi connectivity index (χ2n) is 3.70. The first-order valence-corrected chi connectivity index (χ1v) is 5.62. The zero-order chi connectivity index (χ0) is 13.1. The fraction of sp³-hybridized carbons (Fsp3) is 0.0714. The number of benzene rings is 2.